The lowest BCUT2D eigenvalue weighted by Crippen LogP contribution is -2.24. The van der Waals surface area contributed by atoms with Gasteiger partial charge in [-0.2, -0.15) is 0 Å². The third-order valence-corrected chi connectivity index (χ3v) is 3.88. The van der Waals surface area contributed by atoms with Gasteiger partial charge in [0, 0.05) is 11.9 Å². The Labute approximate surface area is 89.2 Å². The first-order valence-corrected chi connectivity index (χ1v) is 7.10. The van der Waals surface area contributed by atoms with Crippen LogP contribution >= 0.6 is 11.8 Å². The van der Waals surface area contributed by atoms with Gasteiger partial charge in [-0.25, -0.2) is 8.42 Å². The Morgan fingerprint density at radius 1 is 1.21 bits per heavy atom. The Hall–Kier alpha value is -0.680. The van der Waals surface area contributed by atoms with E-state index < -0.39 is 10.0 Å². The molecule has 0 atom stereocenters. The monoisotopic (exact) mass is 231 g/mol. The molecule has 0 saturated carbocycles. The molecule has 5 heteroatoms. The lowest BCUT2D eigenvalue weighted by atomic mass is 10.3. The fourth-order valence-electron chi connectivity index (χ4n) is 0.984. The van der Waals surface area contributed by atoms with Crippen LogP contribution in [0.3, 0.4) is 0 Å². The molecule has 0 saturated heterocycles. The summed E-state index contributed by atoms with van der Waals surface area (Å²) in [4.78, 5) is 1.12. The summed E-state index contributed by atoms with van der Waals surface area (Å²) in [5.41, 5.74) is 0.685. The van der Waals surface area contributed by atoms with Crippen molar-refractivity contribution in [2.45, 2.75) is 4.90 Å². The third kappa shape index (κ3) is 2.65. The SMILES string of the molecule is CSc1ccc(N(C)S(C)(=O)=O)cc1. The van der Waals surface area contributed by atoms with Crippen LogP contribution in [0.25, 0.3) is 0 Å². The number of nitrogens with zero attached hydrogens (tertiary/aromatic N) is 1. The fourth-order valence-corrected chi connectivity index (χ4v) is 1.90. The highest BCUT2D eigenvalue weighted by Crippen LogP contribution is 2.20. The van der Waals surface area contributed by atoms with E-state index in [9.17, 15) is 8.42 Å². The van der Waals surface area contributed by atoms with Crippen molar-refractivity contribution in [2.24, 2.45) is 0 Å². The van der Waals surface area contributed by atoms with Gasteiger partial charge in [0.25, 0.3) is 0 Å². The second-order valence-corrected chi connectivity index (χ2v) is 5.82. The van der Waals surface area contributed by atoms with Gasteiger partial charge in [-0.3, -0.25) is 4.31 Å². The molecule has 1 aromatic carbocycles. The van der Waals surface area contributed by atoms with Crippen LogP contribution in [0.2, 0.25) is 0 Å². The summed E-state index contributed by atoms with van der Waals surface area (Å²) in [6.07, 6.45) is 3.17. The zero-order chi connectivity index (χ0) is 10.8. The molecule has 0 aliphatic heterocycles. The Morgan fingerprint density at radius 3 is 2.07 bits per heavy atom. The van der Waals surface area contributed by atoms with E-state index in [0.29, 0.717) is 5.69 Å². The Morgan fingerprint density at radius 2 is 1.71 bits per heavy atom. The van der Waals surface area contributed by atoms with Crippen molar-refractivity contribution in [2.75, 3.05) is 23.9 Å². The van der Waals surface area contributed by atoms with Crippen molar-refractivity contribution < 1.29 is 8.42 Å². The molecule has 3 nitrogen and oxygen atoms in total. The highest BCUT2D eigenvalue weighted by Gasteiger charge is 2.10. The third-order valence-electron chi connectivity index (χ3n) is 1.93. The quantitative estimate of drug-likeness (QED) is 0.744. The molecule has 0 aliphatic carbocycles. The van der Waals surface area contributed by atoms with Gasteiger partial charge in [0.05, 0.1) is 11.9 Å². The van der Waals surface area contributed by atoms with Gasteiger partial charge in [-0.1, -0.05) is 0 Å². The highest BCUT2D eigenvalue weighted by molar-refractivity contribution is 7.98. The lowest BCUT2D eigenvalue weighted by Gasteiger charge is -2.16. The van der Waals surface area contributed by atoms with Crippen LogP contribution in [0.4, 0.5) is 5.69 Å². The van der Waals surface area contributed by atoms with E-state index in [-0.39, 0.29) is 0 Å². The first kappa shape index (κ1) is 11.4. The largest absolute Gasteiger partial charge is 0.274 e. The number of benzene rings is 1. The number of thioether (sulfide) groups is 1. The number of rotatable bonds is 3. The summed E-state index contributed by atoms with van der Waals surface area (Å²) in [6.45, 7) is 0. The standard InChI is InChI=1S/C9H13NO2S2/c1-10(14(3,11)12)8-4-6-9(13-2)7-5-8/h4-7H,1-3H3. The molecular formula is C9H13NO2S2. The number of sulfonamides is 1. The minimum atomic E-state index is -3.15. The van der Waals surface area contributed by atoms with E-state index in [1.165, 1.54) is 10.6 Å². The van der Waals surface area contributed by atoms with E-state index in [0.717, 1.165) is 4.90 Å². The Balaban J connectivity index is 2.98. The van der Waals surface area contributed by atoms with Crippen LogP contribution in [0.15, 0.2) is 29.2 Å². The molecule has 0 bridgehead atoms. The predicted molar refractivity (Wildman–Crippen MR) is 61.5 cm³/mol. The van der Waals surface area contributed by atoms with E-state index in [2.05, 4.69) is 0 Å². The topological polar surface area (TPSA) is 37.4 Å². The molecular weight excluding hydrogens is 218 g/mol. The minimum Gasteiger partial charge on any atom is -0.274 e. The average Bonchev–Trinajstić information content (AvgIpc) is 2.15. The highest BCUT2D eigenvalue weighted by atomic mass is 32.2. The van der Waals surface area contributed by atoms with Crippen molar-refractivity contribution in [3.8, 4) is 0 Å². The maximum absolute atomic E-state index is 11.2. The number of hydrogen-bond donors (Lipinski definition) is 0. The minimum absolute atomic E-state index is 0.685. The van der Waals surface area contributed by atoms with Crippen molar-refractivity contribution in [3.05, 3.63) is 24.3 Å². The fraction of sp³-hybridized carbons (Fsp3) is 0.333. The maximum Gasteiger partial charge on any atom is 0.231 e. The summed E-state index contributed by atoms with van der Waals surface area (Å²) >= 11 is 1.63. The number of anilines is 1. The van der Waals surface area contributed by atoms with Gasteiger partial charge >= 0.3 is 0 Å². The van der Waals surface area contributed by atoms with Gasteiger partial charge < -0.3 is 0 Å². The average molecular weight is 231 g/mol. The smallest absolute Gasteiger partial charge is 0.231 e. The molecule has 0 spiro atoms. The molecule has 0 aromatic heterocycles. The van der Waals surface area contributed by atoms with Gasteiger partial charge in [-0.15, -0.1) is 11.8 Å². The summed E-state index contributed by atoms with van der Waals surface area (Å²) in [5, 5.41) is 0. The molecule has 0 heterocycles. The van der Waals surface area contributed by atoms with Gasteiger partial charge in [0.15, 0.2) is 0 Å². The maximum atomic E-state index is 11.2. The lowest BCUT2D eigenvalue weighted by molar-refractivity contribution is 0.600. The molecule has 78 valence electrons. The van der Waals surface area contributed by atoms with E-state index >= 15 is 0 Å². The summed E-state index contributed by atoms with van der Waals surface area (Å²) in [5.74, 6) is 0. The summed E-state index contributed by atoms with van der Waals surface area (Å²) in [7, 11) is -1.60. The molecule has 0 fully saturated rings. The molecule has 0 amide bonds. The summed E-state index contributed by atoms with van der Waals surface area (Å²) < 4.78 is 23.7. The van der Waals surface area contributed by atoms with Crippen molar-refractivity contribution in [1.82, 2.24) is 0 Å². The van der Waals surface area contributed by atoms with E-state index in [1.54, 1.807) is 30.9 Å². The van der Waals surface area contributed by atoms with Gasteiger partial charge in [-0.05, 0) is 30.5 Å². The van der Waals surface area contributed by atoms with Crippen LogP contribution < -0.4 is 4.31 Å². The zero-order valence-corrected chi connectivity index (χ0v) is 10.0. The molecule has 0 N–H and O–H groups in total. The zero-order valence-electron chi connectivity index (χ0n) is 8.39. The summed E-state index contributed by atoms with van der Waals surface area (Å²) in [6, 6.07) is 7.41. The Bertz CT molecular complexity index is 397. The van der Waals surface area contributed by atoms with Crippen LogP contribution in [0.5, 0.6) is 0 Å². The predicted octanol–water partition coefficient (Wildman–Crippen LogP) is 1.80. The second kappa shape index (κ2) is 4.23. The van der Waals surface area contributed by atoms with Crippen LogP contribution in [0.1, 0.15) is 0 Å². The molecule has 0 unspecified atom stereocenters. The van der Waals surface area contributed by atoms with E-state index in [4.69, 9.17) is 0 Å². The molecule has 14 heavy (non-hydrogen) atoms. The van der Waals surface area contributed by atoms with Crippen LogP contribution in [-0.2, 0) is 10.0 Å². The number of hydrogen-bond acceptors (Lipinski definition) is 3. The van der Waals surface area contributed by atoms with Crippen molar-refractivity contribution >= 4 is 27.5 Å². The second-order valence-electron chi connectivity index (χ2n) is 2.93. The normalized spacial score (nSPS) is 11.4. The van der Waals surface area contributed by atoms with Crippen LogP contribution in [0, 0.1) is 0 Å². The van der Waals surface area contributed by atoms with E-state index in [1.807, 2.05) is 18.4 Å². The molecule has 0 radical (unpaired) electrons. The van der Waals surface area contributed by atoms with Gasteiger partial charge in [0.1, 0.15) is 0 Å². The first-order chi connectivity index (χ1) is 6.45. The van der Waals surface area contributed by atoms with Crippen LogP contribution in [-0.4, -0.2) is 28.0 Å². The first-order valence-electron chi connectivity index (χ1n) is 4.03. The van der Waals surface area contributed by atoms with Crippen molar-refractivity contribution in [1.29, 1.82) is 0 Å². The molecule has 1 rings (SSSR count). The Kier molecular flexibility index (Phi) is 3.44. The van der Waals surface area contributed by atoms with Crippen molar-refractivity contribution in [3.63, 3.8) is 0 Å². The molecule has 1 aromatic rings. The molecule has 0 aliphatic rings. The van der Waals surface area contributed by atoms with Gasteiger partial charge in [0.2, 0.25) is 10.0 Å².